The first kappa shape index (κ1) is 38.8. The zero-order valence-electron chi connectivity index (χ0n) is 31.5. The van der Waals surface area contributed by atoms with Crippen LogP contribution in [0.5, 0.6) is 11.5 Å². The van der Waals surface area contributed by atoms with Crippen LogP contribution in [0.3, 0.4) is 0 Å². The number of aryl methyl sites for hydroxylation is 1. The standard InChI is InChI=1S/C41H51N5O7/c1-6-8-19-43-37(47)12-10-22-51-34-25-31(27-42-28-34)36(26-38(48)50-7-2)45-21-17-30-24-33(15-16-35(30)45)52-23-18-32-14-13-29-11-9-20-46(39(29)44-32)40(49)53-41(3,4)5/h13-17,21,24-28H,6-12,18-20,22-23H2,1-5H3,(H,43,47). The highest BCUT2D eigenvalue weighted by Gasteiger charge is 2.28. The van der Waals surface area contributed by atoms with Gasteiger partial charge in [-0.3, -0.25) is 14.7 Å². The molecule has 1 N–H and O–H groups in total. The third kappa shape index (κ3) is 11.1. The van der Waals surface area contributed by atoms with Crippen molar-refractivity contribution in [3.05, 3.63) is 84.0 Å². The number of anilines is 1. The van der Waals surface area contributed by atoms with Gasteiger partial charge in [-0.05, 0) is 95.3 Å². The minimum Gasteiger partial charge on any atom is -0.493 e. The van der Waals surface area contributed by atoms with Crippen molar-refractivity contribution in [1.82, 2.24) is 19.9 Å². The maximum atomic E-state index is 12.9. The van der Waals surface area contributed by atoms with Crippen LogP contribution in [0.25, 0.3) is 16.6 Å². The summed E-state index contributed by atoms with van der Waals surface area (Å²) in [4.78, 5) is 48.5. The Morgan fingerprint density at radius 2 is 1.79 bits per heavy atom. The second kappa shape index (κ2) is 18.4. The number of nitrogens with zero attached hydrogens (tertiary/aromatic N) is 4. The molecule has 12 nitrogen and oxygen atoms in total. The number of pyridine rings is 2. The molecular weight excluding hydrogens is 674 g/mol. The van der Waals surface area contributed by atoms with Gasteiger partial charge < -0.3 is 28.8 Å². The number of unbranched alkanes of at least 4 members (excludes halogenated alkanes) is 1. The molecule has 0 fully saturated rings. The molecule has 2 amide bonds. The first-order valence-corrected chi connectivity index (χ1v) is 18.5. The summed E-state index contributed by atoms with van der Waals surface area (Å²) < 4.78 is 24.9. The van der Waals surface area contributed by atoms with Gasteiger partial charge in [0.2, 0.25) is 5.91 Å². The molecule has 0 bridgehead atoms. The number of carbonyl (C=O) groups is 3. The average molecular weight is 726 g/mol. The SMILES string of the molecule is CCCCNC(=O)CCCOc1cncc(C(=CC(=O)OCC)n2ccc3cc(OCCc4ccc5c(n4)N(C(=O)OC(C)(C)C)CCC5)ccc32)c1. The van der Waals surface area contributed by atoms with Crippen molar-refractivity contribution in [2.24, 2.45) is 0 Å². The number of amides is 2. The summed E-state index contributed by atoms with van der Waals surface area (Å²) in [7, 11) is 0. The number of fused-ring (bicyclic) bond motifs is 2. The Bertz CT molecular complexity index is 1910. The lowest BCUT2D eigenvalue weighted by molar-refractivity contribution is -0.137. The van der Waals surface area contributed by atoms with Crippen LogP contribution in [0.2, 0.25) is 0 Å². The zero-order valence-corrected chi connectivity index (χ0v) is 31.5. The number of esters is 1. The van der Waals surface area contributed by atoms with E-state index in [2.05, 4.69) is 17.2 Å². The van der Waals surface area contributed by atoms with Gasteiger partial charge in [0.05, 0.1) is 37.2 Å². The van der Waals surface area contributed by atoms with Gasteiger partial charge >= 0.3 is 12.1 Å². The van der Waals surface area contributed by atoms with Gasteiger partial charge in [0.1, 0.15) is 22.9 Å². The van der Waals surface area contributed by atoms with Crippen LogP contribution in [-0.4, -0.2) is 71.0 Å². The van der Waals surface area contributed by atoms with E-state index in [0.717, 1.165) is 47.8 Å². The van der Waals surface area contributed by atoms with Crippen LogP contribution >= 0.6 is 0 Å². The summed E-state index contributed by atoms with van der Waals surface area (Å²) in [5.41, 5.74) is 3.35. The Morgan fingerprint density at radius 3 is 2.58 bits per heavy atom. The third-order valence-electron chi connectivity index (χ3n) is 8.48. The average Bonchev–Trinajstić information content (AvgIpc) is 3.55. The van der Waals surface area contributed by atoms with Crippen LogP contribution in [-0.2, 0) is 31.9 Å². The highest BCUT2D eigenvalue weighted by Crippen LogP contribution is 2.30. The zero-order chi connectivity index (χ0) is 37.8. The highest BCUT2D eigenvalue weighted by molar-refractivity contribution is 5.95. The Balaban J connectivity index is 1.26. The molecule has 1 aliphatic heterocycles. The summed E-state index contributed by atoms with van der Waals surface area (Å²) in [6.45, 7) is 11.7. The molecule has 5 rings (SSSR count). The van der Waals surface area contributed by atoms with Crippen molar-refractivity contribution in [1.29, 1.82) is 0 Å². The molecule has 4 aromatic rings. The topological polar surface area (TPSA) is 134 Å². The van der Waals surface area contributed by atoms with E-state index < -0.39 is 11.6 Å². The van der Waals surface area contributed by atoms with Crippen LogP contribution in [0.1, 0.15) is 83.5 Å². The predicted octanol–water partition coefficient (Wildman–Crippen LogP) is 7.27. The molecule has 0 aliphatic carbocycles. The molecule has 3 aromatic heterocycles. The second-order valence-electron chi connectivity index (χ2n) is 13.9. The lowest BCUT2D eigenvalue weighted by Crippen LogP contribution is -2.40. The molecule has 12 heteroatoms. The van der Waals surface area contributed by atoms with Crippen molar-refractivity contribution in [3.8, 4) is 11.5 Å². The van der Waals surface area contributed by atoms with E-state index >= 15 is 0 Å². The van der Waals surface area contributed by atoms with Gasteiger partial charge in [0, 0.05) is 61.0 Å². The molecule has 1 aromatic carbocycles. The van der Waals surface area contributed by atoms with Gasteiger partial charge in [0.25, 0.3) is 0 Å². The van der Waals surface area contributed by atoms with Gasteiger partial charge in [-0.2, -0.15) is 0 Å². The predicted molar refractivity (Wildman–Crippen MR) is 204 cm³/mol. The van der Waals surface area contributed by atoms with Crippen LogP contribution < -0.4 is 19.7 Å². The number of hydrogen-bond acceptors (Lipinski definition) is 9. The molecular formula is C41H51N5O7. The minimum atomic E-state index is -0.590. The minimum absolute atomic E-state index is 0.0150. The first-order valence-electron chi connectivity index (χ1n) is 18.5. The van der Waals surface area contributed by atoms with Crippen molar-refractivity contribution < 1.29 is 33.3 Å². The molecule has 53 heavy (non-hydrogen) atoms. The molecule has 0 spiro atoms. The van der Waals surface area contributed by atoms with Gasteiger partial charge in [0.15, 0.2) is 0 Å². The Labute approximate surface area is 311 Å². The molecule has 0 atom stereocenters. The van der Waals surface area contributed by atoms with E-state index in [1.807, 2.05) is 74.0 Å². The lowest BCUT2D eigenvalue weighted by atomic mass is 10.1. The van der Waals surface area contributed by atoms with E-state index in [9.17, 15) is 14.4 Å². The third-order valence-corrected chi connectivity index (χ3v) is 8.48. The highest BCUT2D eigenvalue weighted by atomic mass is 16.6. The fraction of sp³-hybridized carbons (Fsp3) is 0.439. The maximum absolute atomic E-state index is 12.9. The monoisotopic (exact) mass is 725 g/mol. The normalized spacial score (nSPS) is 13.0. The Hall–Kier alpha value is -5.39. The summed E-state index contributed by atoms with van der Waals surface area (Å²) >= 11 is 0. The lowest BCUT2D eigenvalue weighted by Gasteiger charge is -2.31. The second-order valence-corrected chi connectivity index (χ2v) is 13.9. The quantitative estimate of drug-likeness (QED) is 0.0719. The molecule has 282 valence electrons. The molecule has 0 saturated heterocycles. The van der Waals surface area contributed by atoms with E-state index in [4.69, 9.17) is 23.9 Å². The Kier molecular flexibility index (Phi) is 13.5. The maximum Gasteiger partial charge on any atom is 0.416 e. The number of nitrogens with one attached hydrogen (secondary N) is 1. The first-order chi connectivity index (χ1) is 25.5. The fourth-order valence-electron chi connectivity index (χ4n) is 5.95. The van der Waals surface area contributed by atoms with Crippen molar-refractivity contribution in [2.45, 2.75) is 85.2 Å². The summed E-state index contributed by atoms with van der Waals surface area (Å²) in [6, 6.07) is 13.6. The van der Waals surface area contributed by atoms with Gasteiger partial charge in [-0.25, -0.2) is 14.6 Å². The summed E-state index contributed by atoms with van der Waals surface area (Å²) in [6.07, 6.45) is 11.5. The number of hydrogen-bond donors (Lipinski definition) is 1. The number of carbonyl (C=O) groups excluding carboxylic acids is 3. The molecule has 1 aliphatic rings. The molecule has 0 radical (unpaired) electrons. The van der Waals surface area contributed by atoms with E-state index in [-0.39, 0.29) is 18.6 Å². The smallest absolute Gasteiger partial charge is 0.416 e. The van der Waals surface area contributed by atoms with Crippen LogP contribution in [0, 0.1) is 0 Å². The summed E-state index contributed by atoms with van der Waals surface area (Å²) in [5, 5.41) is 3.83. The van der Waals surface area contributed by atoms with E-state index in [1.54, 1.807) is 24.2 Å². The van der Waals surface area contributed by atoms with Crippen LogP contribution in [0.4, 0.5) is 10.6 Å². The van der Waals surface area contributed by atoms with Crippen molar-refractivity contribution >= 4 is 40.4 Å². The van der Waals surface area contributed by atoms with E-state index in [1.165, 1.54) is 6.08 Å². The fourth-order valence-corrected chi connectivity index (χ4v) is 5.95. The number of ether oxygens (including phenoxy) is 4. The van der Waals surface area contributed by atoms with Crippen LogP contribution in [0.15, 0.2) is 67.1 Å². The molecule has 0 saturated carbocycles. The molecule has 4 heterocycles. The summed E-state index contributed by atoms with van der Waals surface area (Å²) in [5.74, 6) is 1.42. The number of aromatic nitrogens is 3. The van der Waals surface area contributed by atoms with Gasteiger partial charge in [-0.1, -0.05) is 19.4 Å². The molecule has 0 unspecified atom stereocenters. The van der Waals surface area contributed by atoms with E-state index in [0.29, 0.717) is 74.1 Å². The van der Waals surface area contributed by atoms with Crippen molar-refractivity contribution in [2.75, 3.05) is 37.8 Å². The largest absolute Gasteiger partial charge is 0.493 e. The number of rotatable bonds is 16. The van der Waals surface area contributed by atoms with Crippen molar-refractivity contribution in [3.63, 3.8) is 0 Å². The Morgan fingerprint density at radius 1 is 0.962 bits per heavy atom. The van der Waals surface area contributed by atoms with Gasteiger partial charge in [-0.15, -0.1) is 0 Å². The number of benzene rings is 1.